The van der Waals surface area contributed by atoms with Gasteiger partial charge in [-0.2, -0.15) is 4.31 Å². The molecule has 1 aliphatic rings. The highest BCUT2D eigenvalue weighted by atomic mass is 32.2. The minimum atomic E-state index is -4.32. The summed E-state index contributed by atoms with van der Waals surface area (Å²) in [6.07, 6.45) is 13.0. The van der Waals surface area contributed by atoms with Crippen LogP contribution in [0.15, 0.2) is 70.2 Å². The van der Waals surface area contributed by atoms with E-state index in [1.807, 2.05) is 6.92 Å². The van der Waals surface area contributed by atoms with Crippen LogP contribution in [0.2, 0.25) is 0 Å². The first-order valence-corrected chi connectivity index (χ1v) is 16.7. The Morgan fingerprint density at radius 1 is 0.907 bits per heavy atom. The number of rotatable bonds is 12. The number of carboxylic acid groups (broad SMARTS) is 1. The largest absolute Gasteiger partial charge is 0.487 e. The maximum Gasteiger partial charge on any atom is 0.426 e. The number of hydrogen-bond acceptors (Lipinski definition) is 4. The second-order valence-corrected chi connectivity index (χ2v) is 14.2. The topological polar surface area (TPSA) is 83.9 Å². The fourth-order valence-electron chi connectivity index (χ4n) is 5.75. The third-order valence-electron chi connectivity index (χ3n) is 8.54. The van der Waals surface area contributed by atoms with Crippen molar-refractivity contribution in [3.63, 3.8) is 0 Å². The van der Waals surface area contributed by atoms with Gasteiger partial charge in [0.15, 0.2) is 0 Å². The summed E-state index contributed by atoms with van der Waals surface area (Å²) in [5.74, 6) is 0.754. The number of fused-ring (bicyclic) bond motifs is 1. The first-order valence-electron chi connectivity index (χ1n) is 15.3. The van der Waals surface area contributed by atoms with Gasteiger partial charge in [0.1, 0.15) is 11.4 Å². The predicted molar refractivity (Wildman–Crippen MR) is 177 cm³/mol. The lowest BCUT2D eigenvalue weighted by atomic mass is 9.84. The van der Waals surface area contributed by atoms with E-state index in [2.05, 4.69) is 52.8 Å². The molecule has 0 saturated carbocycles. The molecule has 0 aromatic heterocycles. The molecular weight excluding hydrogens is 558 g/mol. The first kappa shape index (κ1) is 34.2. The van der Waals surface area contributed by atoms with E-state index in [1.54, 1.807) is 32.0 Å². The van der Waals surface area contributed by atoms with Gasteiger partial charge in [0.05, 0.1) is 10.6 Å². The molecule has 3 rings (SSSR count). The van der Waals surface area contributed by atoms with E-state index < -0.39 is 16.1 Å². The third kappa shape index (κ3) is 8.41. The van der Waals surface area contributed by atoms with E-state index in [1.165, 1.54) is 28.9 Å². The van der Waals surface area contributed by atoms with Crippen LogP contribution in [0.1, 0.15) is 102 Å². The summed E-state index contributed by atoms with van der Waals surface area (Å²) in [4.78, 5) is 12.4. The SMILES string of the molecule is CC(C)=CCC/C(C)=C/CC/C(C)=C/CCC1(C)CCc2c(C)c(N(C(=O)O)S(=O)(=O)c3ccccc3)c(C)c(C)c2O1. The van der Waals surface area contributed by atoms with Gasteiger partial charge < -0.3 is 9.84 Å². The van der Waals surface area contributed by atoms with E-state index >= 15 is 0 Å². The van der Waals surface area contributed by atoms with E-state index in [4.69, 9.17) is 4.74 Å². The Kier molecular flexibility index (Phi) is 11.5. The minimum absolute atomic E-state index is 0.0654. The monoisotopic (exact) mass is 607 g/mol. The summed E-state index contributed by atoms with van der Waals surface area (Å²) in [6.45, 7) is 16.3. The summed E-state index contributed by atoms with van der Waals surface area (Å²) in [7, 11) is -4.32. The van der Waals surface area contributed by atoms with E-state index in [0.29, 0.717) is 21.9 Å². The molecule has 0 saturated heterocycles. The molecule has 1 aliphatic heterocycles. The first-order chi connectivity index (χ1) is 20.2. The highest BCUT2D eigenvalue weighted by Gasteiger charge is 2.38. The van der Waals surface area contributed by atoms with Gasteiger partial charge in [0.25, 0.3) is 10.0 Å². The van der Waals surface area contributed by atoms with Crippen LogP contribution < -0.4 is 9.04 Å². The summed E-state index contributed by atoms with van der Waals surface area (Å²) in [6, 6.07) is 7.70. The molecule has 0 fully saturated rings. The number of ether oxygens (including phenoxy) is 1. The van der Waals surface area contributed by atoms with Gasteiger partial charge in [-0.05, 0) is 141 Å². The molecule has 1 N–H and O–H groups in total. The van der Waals surface area contributed by atoms with Gasteiger partial charge >= 0.3 is 6.09 Å². The van der Waals surface area contributed by atoms with Crippen molar-refractivity contribution in [1.82, 2.24) is 0 Å². The Balaban J connectivity index is 1.75. The van der Waals surface area contributed by atoms with Crippen molar-refractivity contribution in [2.24, 2.45) is 0 Å². The van der Waals surface area contributed by atoms with Gasteiger partial charge in [0, 0.05) is 0 Å². The van der Waals surface area contributed by atoms with Crippen LogP contribution in [0.5, 0.6) is 5.75 Å². The molecule has 1 heterocycles. The van der Waals surface area contributed by atoms with Crippen molar-refractivity contribution in [2.45, 2.75) is 117 Å². The molecular formula is C36H49NO5S. The maximum absolute atomic E-state index is 13.5. The summed E-state index contributed by atoms with van der Waals surface area (Å²) in [5, 5.41) is 10.1. The normalized spacial score (nSPS) is 17.2. The van der Waals surface area contributed by atoms with Gasteiger partial charge in [-0.25, -0.2) is 13.2 Å². The maximum atomic E-state index is 13.5. The molecule has 43 heavy (non-hydrogen) atoms. The number of amides is 1. The molecule has 0 radical (unpaired) electrons. The molecule has 1 unspecified atom stereocenters. The molecule has 1 atom stereocenters. The van der Waals surface area contributed by atoms with Crippen LogP contribution in [-0.4, -0.2) is 25.2 Å². The average Bonchev–Trinajstić information content (AvgIpc) is 2.94. The quantitative estimate of drug-likeness (QED) is 0.243. The van der Waals surface area contributed by atoms with Crippen LogP contribution in [0, 0.1) is 20.8 Å². The Morgan fingerprint density at radius 3 is 2.07 bits per heavy atom. The van der Waals surface area contributed by atoms with Gasteiger partial charge in [-0.15, -0.1) is 0 Å². The van der Waals surface area contributed by atoms with Crippen LogP contribution in [0.4, 0.5) is 10.5 Å². The fraction of sp³-hybridized carbons (Fsp3) is 0.472. The Morgan fingerprint density at radius 2 is 1.49 bits per heavy atom. The van der Waals surface area contributed by atoms with E-state index in [-0.39, 0.29) is 16.2 Å². The van der Waals surface area contributed by atoms with Crippen molar-refractivity contribution in [1.29, 1.82) is 0 Å². The van der Waals surface area contributed by atoms with Crippen molar-refractivity contribution < 1.29 is 23.1 Å². The van der Waals surface area contributed by atoms with Crippen molar-refractivity contribution in [2.75, 3.05) is 4.31 Å². The fourth-order valence-corrected chi connectivity index (χ4v) is 7.19. The Bertz CT molecular complexity index is 1510. The lowest BCUT2D eigenvalue weighted by molar-refractivity contribution is 0.0560. The molecule has 0 bridgehead atoms. The number of anilines is 1. The molecule has 7 heteroatoms. The molecule has 2 aromatic rings. The number of carbonyl (C=O) groups is 1. The lowest BCUT2D eigenvalue weighted by Crippen LogP contribution is -2.39. The summed E-state index contributed by atoms with van der Waals surface area (Å²) >= 11 is 0. The zero-order valence-corrected chi connectivity index (χ0v) is 28.0. The summed E-state index contributed by atoms with van der Waals surface area (Å²) < 4.78 is 34.2. The molecule has 0 aliphatic carbocycles. The number of benzene rings is 2. The van der Waals surface area contributed by atoms with Gasteiger partial charge in [0.2, 0.25) is 0 Å². The highest BCUT2D eigenvalue weighted by Crippen LogP contribution is 2.46. The second kappa shape index (κ2) is 14.4. The summed E-state index contributed by atoms with van der Waals surface area (Å²) in [5.41, 5.74) is 6.89. The number of allylic oxidation sites excluding steroid dienone is 6. The Labute approximate surface area is 259 Å². The smallest absolute Gasteiger partial charge is 0.426 e. The lowest BCUT2D eigenvalue weighted by Gasteiger charge is -2.39. The highest BCUT2D eigenvalue weighted by molar-refractivity contribution is 7.93. The van der Waals surface area contributed by atoms with Crippen LogP contribution in [-0.2, 0) is 16.4 Å². The zero-order valence-electron chi connectivity index (χ0n) is 27.2. The van der Waals surface area contributed by atoms with Crippen LogP contribution in [0.25, 0.3) is 0 Å². The zero-order chi connectivity index (χ0) is 31.9. The van der Waals surface area contributed by atoms with Crippen molar-refractivity contribution >= 4 is 21.8 Å². The van der Waals surface area contributed by atoms with E-state index in [0.717, 1.165) is 61.8 Å². The number of hydrogen-bond donors (Lipinski definition) is 1. The van der Waals surface area contributed by atoms with Crippen LogP contribution in [0.3, 0.4) is 0 Å². The average molecular weight is 608 g/mol. The molecule has 2 aromatic carbocycles. The minimum Gasteiger partial charge on any atom is -0.487 e. The number of sulfonamides is 1. The van der Waals surface area contributed by atoms with Crippen molar-refractivity contribution in [3.8, 4) is 5.75 Å². The molecule has 1 amide bonds. The van der Waals surface area contributed by atoms with Crippen molar-refractivity contribution in [3.05, 3.63) is 87.5 Å². The molecule has 0 spiro atoms. The van der Waals surface area contributed by atoms with Gasteiger partial charge in [-0.1, -0.05) is 53.1 Å². The van der Waals surface area contributed by atoms with Crippen LogP contribution >= 0.6 is 0 Å². The van der Waals surface area contributed by atoms with E-state index in [9.17, 15) is 18.3 Å². The third-order valence-corrected chi connectivity index (χ3v) is 10.2. The molecule has 234 valence electrons. The predicted octanol–water partition coefficient (Wildman–Crippen LogP) is 9.77. The van der Waals surface area contributed by atoms with Gasteiger partial charge in [-0.3, -0.25) is 0 Å². The molecule has 6 nitrogen and oxygen atoms in total. The standard InChI is InChI=1S/C36H49NO5S/c1-25(2)15-12-16-26(3)17-13-18-27(4)19-14-23-36(8)24-22-32-30(7)33(28(5)29(6)34(32)42-36)37(35(38)39)43(40,41)31-20-10-9-11-21-31/h9-11,15,17,19-21H,12-14,16,18,22-24H2,1-8H3,(H,38,39)/b26-17+,27-19+. The Hall–Kier alpha value is -3.32. The second-order valence-electron chi connectivity index (χ2n) is 12.4. The number of nitrogens with zero attached hydrogens (tertiary/aromatic N) is 1.